The molecule has 0 bridgehead atoms. The molecule has 0 saturated heterocycles. The standard InChI is InChI=1S/C20H24ClNO2/c1-15(24-14-16-9-5-4-6-10-16)19(23)22-20(2,3)13-17-11-7-8-12-18(17)21/h4-12,15H,13-14H2,1-3H3,(H,22,23). The van der Waals surface area contributed by atoms with E-state index >= 15 is 0 Å². The number of halogens is 1. The second-order valence-electron chi connectivity index (χ2n) is 6.58. The summed E-state index contributed by atoms with van der Waals surface area (Å²) in [7, 11) is 0. The molecular weight excluding hydrogens is 322 g/mol. The summed E-state index contributed by atoms with van der Waals surface area (Å²) in [4.78, 5) is 12.4. The first kappa shape index (κ1) is 18.5. The van der Waals surface area contributed by atoms with Crippen molar-refractivity contribution in [3.05, 3.63) is 70.7 Å². The van der Waals surface area contributed by atoms with Gasteiger partial charge in [0.05, 0.1) is 6.61 Å². The lowest BCUT2D eigenvalue weighted by atomic mass is 9.94. The summed E-state index contributed by atoms with van der Waals surface area (Å²) in [6, 6.07) is 17.5. The fourth-order valence-electron chi connectivity index (χ4n) is 2.47. The van der Waals surface area contributed by atoms with Gasteiger partial charge in [-0.05, 0) is 44.4 Å². The average molecular weight is 346 g/mol. The number of amides is 1. The molecular formula is C20H24ClNO2. The molecule has 24 heavy (non-hydrogen) atoms. The maximum Gasteiger partial charge on any atom is 0.249 e. The zero-order chi connectivity index (χ0) is 17.6. The number of carbonyl (C=O) groups excluding carboxylic acids is 1. The molecule has 2 aromatic rings. The van der Waals surface area contributed by atoms with E-state index in [2.05, 4.69) is 5.32 Å². The van der Waals surface area contributed by atoms with Gasteiger partial charge in [0.2, 0.25) is 5.91 Å². The lowest BCUT2D eigenvalue weighted by molar-refractivity contribution is -0.134. The highest BCUT2D eigenvalue weighted by Crippen LogP contribution is 2.21. The molecule has 0 saturated carbocycles. The number of hydrogen-bond donors (Lipinski definition) is 1. The molecule has 0 aliphatic heterocycles. The highest BCUT2D eigenvalue weighted by Gasteiger charge is 2.25. The van der Waals surface area contributed by atoms with Crippen molar-refractivity contribution in [3.8, 4) is 0 Å². The SMILES string of the molecule is CC(OCc1ccccc1)C(=O)NC(C)(C)Cc1ccccc1Cl. The molecule has 128 valence electrons. The summed E-state index contributed by atoms with van der Waals surface area (Å²) in [5.41, 5.74) is 1.65. The molecule has 1 atom stereocenters. The van der Waals surface area contributed by atoms with Crippen LogP contribution in [0, 0.1) is 0 Å². The quantitative estimate of drug-likeness (QED) is 0.808. The van der Waals surface area contributed by atoms with E-state index in [9.17, 15) is 4.79 Å². The van der Waals surface area contributed by atoms with Crippen LogP contribution >= 0.6 is 11.6 Å². The van der Waals surface area contributed by atoms with Crippen molar-refractivity contribution < 1.29 is 9.53 Å². The van der Waals surface area contributed by atoms with E-state index in [0.29, 0.717) is 18.1 Å². The van der Waals surface area contributed by atoms with Crippen LogP contribution in [0.5, 0.6) is 0 Å². The van der Waals surface area contributed by atoms with Crippen LogP contribution in [0.1, 0.15) is 31.9 Å². The fourth-order valence-corrected chi connectivity index (χ4v) is 2.67. The van der Waals surface area contributed by atoms with Crippen LogP contribution in [0.4, 0.5) is 0 Å². The largest absolute Gasteiger partial charge is 0.364 e. The maximum atomic E-state index is 12.4. The summed E-state index contributed by atoms with van der Waals surface area (Å²) in [5.74, 6) is -0.122. The van der Waals surface area contributed by atoms with Gasteiger partial charge in [0.15, 0.2) is 0 Å². The van der Waals surface area contributed by atoms with Crippen molar-refractivity contribution in [2.75, 3.05) is 0 Å². The highest BCUT2D eigenvalue weighted by molar-refractivity contribution is 6.31. The maximum absolute atomic E-state index is 12.4. The lowest BCUT2D eigenvalue weighted by Crippen LogP contribution is -2.49. The number of rotatable bonds is 7. The Bertz CT molecular complexity index is 670. The Morgan fingerprint density at radius 3 is 2.42 bits per heavy atom. The van der Waals surface area contributed by atoms with E-state index in [-0.39, 0.29) is 5.91 Å². The number of ether oxygens (including phenoxy) is 1. The molecule has 2 aromatic carbocycles. The molecule has 4 heteroatoms. The van der Waals surface area contributed by atoms with Crippen LogP contribution in [0.2, 0.25) is 5.02 Å². The number of carbonyl (C=O) groups is 1. The van der Waals surface area contributed by atoms with Gasteiger partial charge in [-0.2, -0.15) is 0 Å². The Hall–Kier alpha value is -1.84. The monoisotopic (exact) mass is 345 g/mol. The van der Waals surface area contributed by atoms with Gasteiger partial charge in [-0.15, -0.1) is 0 Å². The summed E-state index contributed by atoms with van der Waals surface area (Å²) >= 11 is 6.21. The highest BCUT2D eigenvalue weighted by atomic mass is 35.5. The third-order valence-corrected chi connectivity index (χ3v) is 4.13. The first-order chi connectivity index (χ1) is 11.4. The molecule has 1 unspecified atom stereocenters. The molecule has 0 fully saturated rings. The van der Waals surface area contributed by atoms with E-state index in [1.165, 1.54) is 0 Å². The molecule has 0 radical (unpaired) electrons. The Morgan fingerprint density at radius 1 is 1.12 bits per heavy atom. The fraction of sp³-hybridized carbons (Fsp3) is 0.350. The van der Waals surface area contributed by atoms with Crippen LogP contribution in [0.15, 0.2) is 54.6 Å². The Kier molecular flexibility index (Phi) is 6.41. The normalized spacial score (nSPS) is 12.7. The van der Waals surface area contributed by atoms with Gasteiger partial charge in [0, 0.05) is 10.6 Å². The zero-order valence-electron chi connectivity index (χ0n) is 14.4. The number of hydrogen-bond acceptors (Lipinski definition) is 2. The Balaban J connectivity index is 1.88. The predicted molar refractivity (Wildman–Crippen MR) is 98.1 cm³/mol. The van der Waals surface area contributed by atoms with E-state index in [1.807, 2.05) is 68.4 Å². The van der Waals surface area contributed by atoms with Gasteiger partial charge in [-0.3, -0.25) is 4.79 Å². The van der Waals surface area contributed by atoms with Gasteiger partial charge in [0.25, 0.3) is 0 Å². The molecule has 2 rings (SSSR count). The van der Waals surface area contributed by atoms with E-state index in [0.717, 1.165) is 11.1 Å². The lowest BCUT2D eigenvalue weighted by Gasteiger charge is -2.28. The van der Waals surface area contributed by atoms with Gasteiger partial charge in [-0.25, -0.2) is 0 Å². The van der Waals surface area contributed by atoms with Crippen molar-refractivity contribution in [1.29, 1.82) is 0 Å². The molecule has 1 amide bonds. The second kappa shape index (κ2) is 8.32. The molecule has 3 nitrogen and oxygen atoms in total. The third kappa shape index (κ3) is 5.66. The first-order valence-electron chi connectivity index (χ1n) is 8.08. The molecule has 0 aliphatic rings. The molecule has 1 N–H and O–H groups in total. The van der Waals surface area contributed by atoms with E-state index in [4.69, 9.17) is 16.3 Å². The van der Waals surface area contributed by atoms with Crippen molar-refractivity contribution in [2.24, 2.45) is 0 Å². The van der Waals surface area contributed by atoms with Crippen molar-refractivity contribution >= 4 is 17.5 Å². The predicted octanol–water partition coefficient (Wildman–Crippen LogP) is 4.38. The van der Waals surface area contributed by atoms with Crippen LogP contribution in [0.3, 0.4) is 0 Å². The Morgan fingerprint density at radius 2 is 1.75 bits per heavy atom. The van der Waals surface area contributed by atoms with Gasteiger partial charge >= 0.3 is 0 Å². The van der Waals surface area contributed by atoms with Gasteiger partial charge in [-0.1, -0.05) is 60.1 Å². The summed E-state index contributed by atoms with van der Waals surface area (Å²) in [5, 5.41) is 3.76. The minimum atomic E-state index is -0.518. The summed E-state index contributed by atoms with van der Waals surface area (Å²) in [6.07, 6.45) is 0.139. The molecule has 0 spiro atoms. The topological polar surface area (TPSA) is 38.3 Å². The van der Waals surface area contributed by atoms with E-state index < -0.39 is 11.6 Å². The van der Waals surface area contributed by atoms with Crippen LogP contribution in [-0.2, 0) is 22.6 Å². The average Bonchev–Trinajstić information content (AvgIpc) is 2.55. The van der Waals surface area contributed by atoms with Crippen molar-refractivity contribution in [1.82, 2.24) is 5.32 Å². The summed E-state index contributed by atoms with van der Waals surface area (Å²) < 4.78 is 5.67. The molecule has 0 aliphatic carbocycles. The Labute approximate surface area is 149 Å². The van der Waals surface area contributed by atoms with Crippen molar-refractivity contribution in [2.45, 2.75) is 45.4 Å². The van der Waals surface area contributed by atoms with Crippen LogP contribution in [0.25, 0.3) is 0 Å². The molecule has 0 aromatic heterocycles. The van der Waals surface area contributed by atoms with E-state index in [1.54, 1.807) is 6.92 Å². The van der Waals surface area contributed by atoms with Gasteiger partial charge < -0.3 is 10.1 Å². The summed E-state index contributed by atoms with van der Waals surface area (Å²) in [6.45, 7) is 6.15. The number of benzene rings is 2. The first-order valence-corrected chi connectivity index (χ1v) is 8.46. The zero-order valence-corrected chi connectivity index (χ0v) is 15.1. The smallest absolute Gasteiger partial charge is 0.249 e. The van der Waals surface area contributed by atoms with Crippen LogP contribution < -0.4 is 5.32 Å². The van der Waals surface area contributed by atoms with Crippen molar-refractivity contribution in [3.63, 3.8) is 0 Å². The number of nitrogens with one attached hydrogen (secondary N) is 1. The minimum absolute atomic E-state index is 0.122. The molecule has 0 heterocycles. The van der Waals surface area contributed by atoms with Crippen LogP contribution in [-0.4, -0.2) is 17.6 Å². The van der Waals surface area contributed by atoms with Gasteiger partial charge in [0.1, 0.15) is 6.10 Å². The second-order valence-corrected chi connectivity index (χ2v) is 6.99. The minimum Gasteiger partial charge on any atom is -0.364 e. The third-order valence-electron chi connectivity index (χ3n) is 3.76.